The molecular formula is C26H25F2N3O6. The van der Waals surface area contributed by atoms with Gasteiger partial charge < -0.3 is 29.4 Å². The smallest absolute Gasteiger partial charge is 0.387 e. The first-order valence-electron chi connectivity index (χ1n) is 11.9. The molecule has 2 heterocycles. The Labute approximate surface area is 211 Å². The van der Waals surface area contributed by atoms with Gasteiger partial charge in [0.15, 0.2) is 11.5 Å². The third-order valence-electron chi connectivity index (χ3n) is 6.16. The van der Waals surface area contributed by atoms with Gasteiger partial charge in [-0.05, 0) is 43.9 Å². The molecule has 11 heteroatoms. The number of aromatic carboxylic acids is 1. The molecule has 2 aromatic carbocycles. The van der Waals surface area contributed by atoms with Gasteiger partial charge in [-0.1, -0.05) is 6.07 Å². The molecule has 9 nitrogen and oxygen atoms in total. The Kier molecular flexibility index (Phi) is 7.20. The number of benzene rings is 2. The summed E-state index contributed by atoms with van der Waals surface area (Å²) in [5, 5.41) is 12.7. The largest absolute Gasteiger partial charge is 0.490 e. The summed E-state index contributed by atoms with van der Waals surface area (Å²) in [6.07, 6.45) is 4.64. The van der Waals surface area contributed by atoms with Gasteiger partial charge in [0.2, 0.25) is 0 Å². The molecule has 0 saturated heterocycles. The molecule has 3 aromatic rings. The normalized spacial score (nSPS) is 14.7. The van der Waals surface area contributed by atoms with Crippen LogP contribution in [0.25, 0.3) is 11.3 Å². The monoisotopic (exact) mass is 513 g/mol. The first kappa shape index (κ1) is 24.5. The second-order valence-corrected chi connectivity index (χ2v) is 8.63. The summed E-state index contributed by atoms with van der Waals surface area (Å²) in [7, 11) is 0. The van der Waals surface area contributed by atoms with Crippen LogP contribution in [0.4, 0.5) is 14.6 Å². The summed E-state index contributed by atoms with van der Waals surface area (Å²) in [5.74, 6) is 0.656. The fourth-order valence-corrected chi connectivity index (χ4v) is 4.07. The van der Waals surface area contributed by atoms with Crippen LogP contribution in [0.5, 0.6) is 23.0 Å². The number of halogens is 2. The molecular weight excluding hydrogens is 488 g/mol. The van der Waals surface area contributed by atoms with Crippen molar-refractivity contribution in [2.24, 2.45) is 0 Å². The highest BCUT2D eigenvalue weighted by atomic mass is 19.3. The lowest BCUT2D eigenvalue weighted by Gasteiger charge is -2.27. The highest BCUT2D eigenvalue weighted by molar-refractivity contribution is 5.92. The van der Waals surface area contributed by atoms with Gasteiger partial charge in [0.1, 0.15) is 42.4 Å². The van der Waals surface area contributed by atoms with E-state index < -0.39 is 12.6 Å². The molecule has 5 rings (SSSR count). The van der Waals surface area contributed by atoms with Gasteiger partial charge in [0, 0.05) is 29.8 Å². The minimum absolute atomic E-state index is 0.0236. The van der Waals surface area contributed by atoms with Crippen molar-refractivity contribution in [2.75, 3.05) is 25.1 Å². The number of ether oxygens (including phenoxy) is 4. The topological polar surface area (TPSA) is 112 Å². The summed E-state index contributed by atoms with van der Waals surface area (Å²) in [5.41, 5.74) is 1.90. The van der Waals surface area contributed by atoms with E-state index >= 15 is 0 Å². The van der Waals surface area contributed by atoms with Gasteiger partial charge >= 0.3 is 12.6 Å². The maximum Gasteiger partial charge on any atom is 0.387 e. The quantitative estimate of drug-likeness (QED) is 0.395. The number of anilines is 1. The maximum absolute atomic E-state index is 12.9. The molecule has 0 unspecified atom stereocenters. The zero-order valence-electron chi connectivity index (χ0n) is 19.8. The molecule has 0 spiro atoms. The minimum atomic E-state index is -2.97. The third-order valence-corrected chi connectivity index (χ3v) is 6.16. The highest BCUT2D eigenvalue weighted by Crippen LogP contribution is 2.38. The molecule has 194 valence electrons. The van der Waals surface area contributed by atoms with Crippen LogP contribution in [0, 0.1) is 0 Å². The molecule has 0 radical (unpaired) electrons. The highest BCUT2D eigenvalue weighted by Gasteiger charge is 2.23. The standard InChI is InChI=1S/C26H25F2N3O6/c27-26(28)37-20-13-23-22(34-8-9-35-23)11-16(20)6-7-29-24-12-19(30-14-31-24)15-4-5-18(25(32)33)21(10-15)36-17-2-1-3-17/h4-5,10-14,17,26H,1-3,6-9H2,(H,32,33)(H,29,30,31). The Hall–Kier alpha value is -4.15. The van der Waals surface area contributed by atoms with Gasteiger partial charge in [-0.2, -0.15) is 8.78 Å². The average Bonchev–Trinajstić information content (AvgIpc) is 2.86. The van der Waals surface area contributed by atoms with E-state index in [1.807, 2.05) is 0 Å². The number of nitrogens with zero attached hydrogens (tertiary/aromatic N) is 2. The average molecular weight is 513 g/mol. The number of aromatic nitrogens is 2. The molecule has 37 heavy (non-hydrogen) atoms. The number of alkyl halides is 2. The zero-order chi connectivity index (χ0) is 25.8. The van der Waals surface area contributed by atoms with Gasteiger partial charge in [-0.25, -0.2) is 14.8 Å². The van der Waals surface area contributed by atoms with E-state index in [-0.39, 0.29) is 17.4 Å². The van der Waals surface area contributed by atoms with Crippen molar-refractivity contribution >= 4 is 11.8 Å². The van der Waals surface area contributed by atoms with Crippen molar-refractivity contribution < 1.29 is 37.6 Å². The first-order valence-corrected chi connectivity index (χ1v) is 11.9. The predicted molar refractivity (Wildman–Crippen MR) is 129 cm³/mol. The molecule has 2 N–H and O–H groups in total. The number of carboxylic acid groups (broad SMARTS) is 1. The van der Waals surface area contributed by atoms with Crippen LogP contribution in [0.1, 0.15) is 35.2 Å². The summed E-state index contributed by atoms with van der Waals surface area (Å²) in [6.45, 7) is -1.89. The van der Waals surface area contributed by atoms with Gasteiger partial charge in [0.25, 0.3) is 0 Å². The maximum atomic E-state index is 12.9. The first-order chi connectivity index (χ1) is 18.0. The zero-order valence-corrected chi connectivity index (χ0v) is 19.8. The fourth-order valence-electron chi connectivity index (χ4n) is 4.07. The molecule has 0 bridgehead atoms. The fraction of sp³-hybridized carbons (Fsp3) is 0.346. The summed E-state index contributed by atoms with van der Waals surface area (Å²) >= 11 is 0. The molecule has 1 saturated carbocycles. The van der Waals surface area contributed by atoms with Crippen molar-refractivity contribution in [2.45, 2.75) is 38.4 Å². The van der Waals surface area contributed by atoms with Crippen LogP contribution in [0.2, 0.25) is 0 Å². The van der Waals surface area contributed by atoms with Gasteiger partial charge in [-0.3, -0.25) is 0 Å². The summed E-state index contributed by atoms with van der Waals surface area (Å²) < 4.78 is 47.5. The number of nitrogens with one attached hydrogen (secondary N) is 1. The molecule has 1 fully saturated rings. The van der Waals surface area contributed by atoms with Crippen LogP contribution < -0.4 is 24.3 Å². The Bertz CT molecular complexity index is 1290. The van der Waals surface area contributed by atoms with E-state index in [0.29, 0.717) is 66.1 Å². The van der Waals surface area contributed by atoms with Crippen molar-refractivity contribution in [1.29, 1.82) is 0 Å². The van der Waals surface area contributed by atoms with Crippen molar-refractivity contribution in [3.63, 3.8) is 0 Å². The molecule has 1 aliphatic carbocycles. The van der Waals surface area contributed by atoms with Crippen LogP contribution >= 0.6 is 0 Å². The van der Waals surface area contributed by atoms with E-state index in [1.165, 1.54) is 18.5 Å². The summed E-state index contributed by atoms with van der Waals surface area (Å²) in [4.78, 5) is 20.2. The molecule has 0 amide bonds. The predicted octanol–water partition coefficient (Wildman–Crippen LogP) is 4.80. The van der Waals surface area contributed by atoms with Crippen LogP contribution in [-0.4, -0.2) is 53.5 Å². The van der Waals surface area contributed by atoms with Crippen molar-refractivity contribution in [1.82, 2.24) is 9.97 Å². The number of carbonyl (C=O) groups is 1. The van der Waals surface area contributed by atoms with Crippen LogP contribution in [-0.2, 0) is 6.42 Å². The van der Waals surface area contributed by atoms with E-state index in [1.54, 1.807) is 24.3 Å². The number of rotatable bonds is 10. The Morgan fingerprint density at radius 2 is 1.86 bits per heavy atom. The minimum Gasteiger partial charge on any atom is -0.490 e. The van der Waals surface area contributed by atoms with E-state index in [9.17, 15) is 18.7 Å². The van der Waals surface area contributed by atoms with Crippen LogP contribution in [0.3, 0.4) is 0 Å². The molecule has 2 aliphatic rings. The Morgan fingerprint density at radius 1 is 1.08 bits per heavy atom. The Morgan fingerprint density at radius 3 is 2.57 bits per heavy atom. The van der Waals surface area contributed by atoms with Crippen LogP contribution in [0.15, 0.2) is 42.7 Å². The lowest BCUT2D eigenvalue weighted by molar-refractivity contribution is -0.0506. The second kappa shape index (κ2) is 10.9. The number of fused-ring (bicyclic) bond motifs is 1. The van der Waals surface area contributed by atoms with Gasteiger partial charge in [-0.15, -0.1) is 0 Å². The lowest BCUT2D eigenvalue weighted by Crippen LogP contribution is -2.25. The van der Waals surface area contributed by atoms with Crippen molar-refractivity contribution in [3.05, 3.63) is 53.9 Å². The second-order valence-electron chi connectivity index (χ2n) is 8.63. The van der Waals surface area contributed by atoms with Gasteiger partial charge in [0.05, 0.1) is 11.8 Å². The van der Waals surface area contributed by atoms with Crippen molar-refractivity contribution in [3.8, 4) is 34.3 Å². The SMILES string of the molecule is O=C(O)c1ccc(-c2cc(NCCc3cc4c(cc3OC(F)F)OCCO4)ncn2)cc1OC1CCC1. The third kappa shape index (κ3) is 5.82. The Balaban J connectivity index is 1.30. The van der Waals surface area contributed by atoms with E-state index in [4.69, 9.17) is 18.9 Å². The molecule has 1 aliphatic heterocycles. The number of carboxylic acids is 1. The lowest BCUT2D eigenvalue weighted by atomic mass is 9.96. The van der Waals surface area contributed by atoms with E-state index in [0.717, 1.165) is 19.3 Å². The number of hydrogen-bond donors (Lipinski definition) is 2. The molecule has 0 atom stereocenters. The molecule has 1 aromatic heterocycles. The summed E-state index contributed by atoms with van der Waals surface area (Å²) in [6, 6.07) is 9.65. The van der Waals surface area contributed by atoms with E-state index in [2.05, 4.69) is 15.3 Å². The number of hydrogen-bond acceptors (Lipinski definition) is 8.